The number of hydrogen-bond donors (Lipinski definition) is 2. The third-order valence-corrected chi connectivity index (χ3v) is 2.77. The van der Waals surface area contributed by atoms with Gasteiger partial charge in [0.05, 0.1) is 6.10 Å². The molecule has 0 spiro atoms. The van der Waals surface area contributed by atoms with Crippen LogP contribution in [0.3, 0.4) is 0 Å². The predicted octanol–water partition coefficient (Wildman–Crippen LogP) is -0.141. The fourth-order valence-electron chi connectivity index (χ4n) is 1.81. The summed E-state index contributed by atoms with van der Waals surface area (Å²) in [5.74, 6) is 0. The molecule has 106 valence electrons. The Hall–Kier alpha value is -0.850. The van der Waals surface area contributed by atoms with E-state index in [9.17, 15) is 9.90 Å². The number of nitrogens with zero attached hydrogens (tertiary/aromatic N) is 2. The summed E-state index contributed by atoms with van der Waals surface area (Å²) in [4.78, 5) is 15.6. The van der Waals surface area contributed by atoms with Crippen LogP contribution in [0.4, 0.5) is 4.79 Å². The van der Waals surface area contributed by atoms with Gasteiger partial charge in [0.2, 0.25) is 0 Å². The molecule has 0 aliphatic carbocycles. The van der Waals surface area contributed by atoms with Gasteiger partial charge in [-0.15, -0.1) is 0 Å². The van der Waals surface area contributed by atoms with Crippen molar-refractivity contribution in [2.75, 3.05) is 39.3 Å². The summed E-state index contributed by atoms with van der Waals surface area (Å²) in [6.07, 6.45) is -0.750. The second-order valence-corrected chi connectivity index (χ2v) is 5.66. The minimum atomic E-state index is -0.488. The average molecular weight is 259 g/mol. The predicted molar refractivity (Wildman–Crippen MR) is 69.3 cm³/mol. The molecule has 1 rings (SSSR count). The van der Waals surface area contributed by atoms with Crippen LogP contribution in [0.5, 0.6) is 0 Å². The van der Waals surface area contributed by atoms with Gasteiger partial charge in [-0.1, -0.05) is 0 Å². The number of rotatable bonds is 3. The van der Waals surface area contributed by atoms with Crippen molar-refractivity contribution >= 4 is 6.09 Å². The van der Waals surface area contributed by atoms with Crippen molar-refractivity contribution in [3.8, 4) is 0 Å². The minimum Gasteiger partial charge on any atom is -0.444 e. The highest BCUT2D eigenvalue weighted by atomic mass is 16.6. The summed E-state index contributed by atoms with van der Waals surface area (Å²) < 4.78 is 5.31. The van der Waals surface area contributed by atoms with Gasteiger partial charge in [-0.3, -0.25) is 4.90 Å². The van der Waals surface area contributed by atoms with E-state index in [1.54, 1.807) is 4.90 Å². The maximum absolute atomic E-state index is 11.8. The Labute approximate surface area is 109 Å². The molecule has 1 heterocycles. The maximum atomic E-state index is 11.8. The highest BCUT2D eigenvalue weighted by molar-refractivity contribution is 5.68. The van der Waals surface area contributed by atoms with Gasteiger partial charge < -0.3 is 20.5 Å². The second-order valence-electron chi connectivity index (χ2n) is 5.66. The van der Waals surface area contributed by atoms with E-state index in [0.29, 0.717) is 19.6 Å². The fraction of sp³-hybridized carbons (Fsp3) is 0.917. The van der Waals surface area contributed by atoms with Gasteiger partial charge >= 0.3 is 6.09 Å². The highest BCUT2D eigenvalue weighted by Gasteiger charge is 2.26. The van der Waals surface area contributed by atoms with Crippen LogP contribution in [0.25, 0.3) is 0 Å². The van der Waals surface area contributed by atoms with E-state index in [1.807, 2.05) is 20.8 Å². The maximum Gasteiger partial charge on any atom is 0.410 e. The van der Waals surface area contributed by atoms with Crippen LogP contribution in [-0.2, 0) is 4.74 Å². The molecule has 6 heteroatoms. The Morgan fingerprint density at radius 1 is 1.33 bits per heavy atom. The van der Waals surface area contributed by atoms with E-state index in [1.165, 1.54) is 0 Å². The van der Waals surface area contributed by atoms with Crippen LogP contribution in [-0.4, -0.2) is 72.0 Å². The molecule has 0 radical (unpaired) electrons. The molecule has 1 fully saturated rings. The first-order valence-corrected chi connectivity index (χ1v) is 6.40. The van der Waals surface area contributed by atoms with E-state index in [4.69, 9.17) is 10.5 Å². The molecule has 0 aromatic carbocycles. The minimum absolute atomic E-state index is 0.262. The SMILES string of the molecule is CC(C)(C)OC(=O)N1CCN(C[C@H](O)CN)CC1. The Morgan fingerprint density at radius 3 is 2.33 bits per heavy atom. The van der Waals surface area contributed by atoms with Crippen molar-refractivity contribution in [1.82, 2.24) is 9.80 Å². The van der Waals surface area contributed by atoms with Crippen molar-refractivity contribution in [3.05, 3.63) is 0 Å². The van der Waals surface area contributed by atoms with E-state index in [0.717, 1.165) is 13.1 Å². The third kappa shape index (κ3) is 5.20. The summed E-state index contributed by atoms with van der Waals surface area (Å²) in [6, 6.07) is 0. The van der Waals surface area contributed by atoms with E-state index in [2.05, 4.69) is 4.90 Å². The lowest BCUT2D eigenvalue weighted by atomic mass is 10.2. The molecule has 1 aliphatic rings. The van der Waals surface area contributed by atoms with Gasteiger partial charge in [-0.2, -0.15) is 0 Å². The molecule has 0 bridgehead atoms. The Kier molecular flexibility index (Phi) is 5.37. The summed E-state index contributed by atoms with van der Waals surface area (Å²) >= 11 is 0. The lowest BCUT2D eigenvalue weighted by molar-refractivity contribution is 0.0106. The standard InChI is InChI=1S/C12H25N3O3/c1-12(2,3)18-11(17)15-6-4-14(5-7-15)9-10(16)8-13/h10,16H,4-9,13H2,1-3H3/t10-/m1/s1. The quantitative estimate of drug-likeness (QED) is 0.737. The number of ether oxygens (including phenoxy) is 1. The number of nitrogens with two attached hydrogens (primary N) is 1. The lowest BCUT2D eigenvalue weighted by Gasteiger charge is -2.36. The van der Waals surface area contributed by atoms with Crippen LogP contribution in [0.15, 0.2) is 0 Å². The van der Waals surface area contributed by atoms with Crippen LogP contribution in [0.2, 0.25) is 0 Å². The summed E-state index contributed by atoms with van der Waals surface area (Å²) in [6.45, 7) is 9.17. The largest absolute Gasteiger partial charge is 0.444 e. The first-order valence-electron chi connectivity index (χ1n) is 6.40. The molecule has 0 aromatic rings. The van der Waals surface area contributed by atoms with Gasteiger partial charge in [0, 0.05) is 39.3 Å². The molecule has 18 heavy (non-hydrogen) atoms. The van der Waals surface area contributed by atoms with Crippen LogP contribution in [0, 0.1) is 0 Å². The van der Waals surface area contributed by atoms with Gasteiger partial charge in [0.1, 0.15) is 5.60 Å². The molecule has 3 N–H and O–H groups in total. The Morgan fingerprint density at radius 2 is 1.89 bits per heavy atom. The van der Waals surface area contributed by atoms with Crippen molar-refractivity contribution in [2.45, 2.75) is 32.5 Å². The smallest absolute Gasteiger partial charge is 0.410 e. The first kappa shape index (κ1) is 15.2. The summed E-state index contributed by atoms with van der Waals surface area (Å²) in [7, 11) is 0. The normalized spacial score (nSPS) is 19.7. The van der Waals surface area contributed by atoms with Crippen molar-refractivity contribution in [2.24, 2.45) is 5.73 Å². The molecule has 0 unspecified atom stereocenters. The van der Waals surface area contributed by atoms with Gasteiger partial charge in [0.25, 0.3) is 0 Å². The van der Waals surface area contributed by atoms with Crippen molar-refractivity contribution in [3.63, 3.8) is 0 Å². The third-order valence-electron chi connectivity index (χ3n) is 2.77. The van der Waals surface area contributed by atoms with Crippen LogP contribution < -0.4 is 5.73 Å². The molecule has 0 saturated carbocycles. The van der Waals surface area contributed by atoms with Gasteiger partial charge in [0.15, 0.2) is 0 Å². The highest BCUT2D eigenvalue weighted by Crippen LogP contribution is 2.11. The molecule has 1 saturated heterocycles. The number of piperazine rings is 1. The zero-order valence-electron chi connectivity index (χ0n) is 11.6. The Balaban J connectivity index is 2.33. The van der Waals surface area contributed by atoms with Gasteiger partial charge in [-0.25, -0.2) is 4.79 Å². The monoisotopic (exact) mass is 259 g/mol. The topological polar surface area (TPSA) is 79.0 Å². The average Bonchev–Trinajstić information content (AvgIpc) is 2.27. The second kappa shape index (κ2) is 6.36. The van der Waals surface area contributed by atoms with Gasteiger partial charge in [-0.05, 0) is 20.8 Å². The van der Waals surface area contributed by atoms with Crippen molar-refractivity contribution in [1.29, 1.82) is 0 Å². The molecule has 1 aliphatic heterocycles. The lowest BCUT2D eigenvalue weighted by Crippen LogP contribution is -2.52. The van der Waals surface area contributed by atoms with Crippen molar-refractivity contribution < 1.29 is 14.6 Å². The number of amides is 1. The van der Waals surface area contributed by atoms with Crippen LogP contribution >= 0.6 is 0 Å². The Bertz CT molecular complexity index is 270. The molecule has 6 nitrogen and oxygen atoms in total. The van der Waals surface area contributed by atoms with E-state index >= 15 is 0 Å². The summed E-state index contributed by atoms with van der Waals surface area (Å²) in [5.41, 5.74) is 4.92. The number of β-amino-alcohol motifs (C(OH)–C–C–N with tert-alkyl or cyclic N) is 1. The molecule has 1 atom stereocenters. The molecule has 0 aromatic heterocycles. The number of carbonyl (C=O) groups excluding carboxylic acids is 1. The number of aliphatic hydroxyl groups is 1. The molecular formula is C12H25N3O3. The zero-order valence-corrected chi connectivity index (χ0v) is 11.6. The number of aliphatic hydroxyl groups excluding tert-OH is 1. The number of hydrogen-bond acceptors (Lipinski definition) is 5. The molecular weight excluding hydrogens is 234 g/mol. The van der Waals surface area contributed by atoms with Crippen LogP contribution in [0.1, 0.15) is 20.8 Å². The fourth-order valence-corrected chi connectivity index (χ4v) is 1.81. The zero-order chi connectivity index (χ0) is 13.8. The van der Waals surface area contributed by atoms with E-state index < -0.39 is 11.7 Å². The first-order chi connectivity index (χ1) is 8.31. The summed E-state index contributed by atoms with van der Waals surface area (Å²) in [5, 5.41) is 9.47. The number of carbonyl (C=O) groups is 1. The van der Waals surface area contributed by atoms with E-state index in [-0.39, 0.29) is 12.6 Å². The molecule has 1 amide bonds.